The monoisotopic (exact) mass is 319 g/mol. The molecule has 22 heavy (non-hydrogen) atoms. The molecule has 2 heterocycles. The van der Waals surface area contributed by atoms with Crippen molar-refractivity contribution in [3.63, 3.8) is 0 Å². The zero-order valence-electron chi connectivity index (χ0n) is 11.6. The molecule has 122 valence electrons. The van der Waals surface area contributed by atoms with Crippen LogP contribution in [0.2, 0.25) is 0 Å². The first-order valence-electron chi connectivity index (χ1n) is 6.74. The number of pyridine rings is 1. The van der Waals surface area contributed by atoms with Crippen molar-refractivity contribution in [3.8, 4) is 5.88 Å². The molecule has 2 N–H and O–H groups in total. The molecule has 1 aromatic heterocycles. The molecule has 1 atom stereocenters. The number of alkyl halides is 3. The van der Waals surface area contributed by atoms with Crippen LogP contribution in [0.1, 0.15) is 12.0 Å². The van der Waals surface area contributed by atoms with E-state index in [0.717, 1.165) is 6.07 Å². The molecule has 0 spiro atoms. The van der Waals surface area contributed by atoms with Crippen molar-refractivity contribution in [2.45, 2.75) is 18.6 Å². The molecule has 1 aromatic rings. The average Bonchev–Trinajstić information content (AvgIpc) is 2.47. The van der Waals surface area contributed by atoms with Gasteiger partial charge in [-0.15, -0.1) is 0 Å². The van der Waals surface area contributed by atoms with E-state index in [4.69, 9.17) is 9.84 Å². The van der Waals surface area contributed by atoms with Crippen molar-refractivity contribution in [1.82, 2.24) is 15.2 Å². The Hall–Kier alpha value is -2.03. The highest BCUT2D eigenvalue weighted by atomic mass is 19.4. The summed E-state index contributed by atoms with van der Waals surface area (Å²) in [6, 6.07) is 1.96. The Morgan fingerprint density at radius 3 is 3.00 bits per heavy atom. The average molecular weight is 319 g/mol. The minimum Gasteiger partial charge on any atom is -0.477 e. The summed E-state index contributed by atoms with van der Waals surface area (Å²) in [5.41, 5.74) is -0.918. The normalized spacial score (nSPS) is 19.0. The van der Waals surface area contributed by atoms with Crippen molar-refractivity contribution in [3.05, 3.63) is 23.9 Å². The number of hydrogen-bond donors (Lipinski definition) is 2. The Labute approximate surface area is 124 Å². The van der Waals surface area contributed by atoms with Gasteiger partial charge in [-0.25, -0.2) is 9.78 Å². The highest BCUT2D eigenvalue weighted by Gasteiger charge is 2.35. The molecule has 1 saturated heterocycles. The van der Waals surface area contributed by atoms with Crippen LogP contribution in [0.4, 0.5) is 18.0 Å². The van der Waals surface area contributed by atoms with Crippen molar-refractivity contribution >= 4 is 6.09 Å². The fourth-order valence-corrected chi connectivity index (χ4v) is 2.21. The van der Waals surface area contributed by atoms with Crippen molar-refractivity contribution < 1.29 is 27.8 Å². The third kappa shape index (κ3) is 4.23. The van der Waals surface area contributed by atoms with Gasteiger partial charge in [-0.3, -0.25) is 0 Å². The maximum atomic E-state index is 12.8. The molecule has 1 aliphatic heterocycles. The van der Waals surface area contributed by atoms with Crippen LogP contribution in [0.25, 0.3) is 0 Å². The predicted octanol–water partition coefficient (Wildman–Crippen LogP) is 1.82. The van der Waals surface area contributed by atoms with Gasteiger partial charge >= 0.3 is 12.3 Å². The minimum atomic E-state index is -4.52. The third-order valence-electron chi connectivity index (χ3n) is 3.31. The molecule has 9 heteroatoms. The van der Waals surface area contributed by atoms with E-state index in [0.29, 0.717) is 19.5 Å². The second kappa shape index (κ2) is 6.82. The first-order valence-corrected chi connectivity index (χ1v) is 6.74. The number of halogens is 3. The van der Waals surface area contributed by atoms with Crippen LogP contribution in [0.15, 0.2) is 18.3 Å². The Morgan fingerprint density at radius 2 is 2.32 bits per heavy atom. The molecule has 0 aliphatic carbocycles. The van der Waals surface area contributed by atoms with Gasteiger partial charge < -0.3 is 20.1 Å². The van der Waals surface area contributed by atoms with Crippen molar-refractivity contribution in [2.75, 3.05) is 26.2 Å². The molecule has 6 nitrogen and oxygen atoms in total. The van der Waals surface area contributed by atoms with Gasteiger partial charge in [0.05, 0.1) is 6.61 Å². The maximum Gasteiger partial charge on any atom is 0.421 e. The van der Waals surface area contributed by atoms with E-state index in [1.54, 1.807) is 0 Å². The number of rotatable bonds is 4. The van der Waals surface area contributed by atoms with E-state index in [9.17, 15) is 18.0 Å². The fourth-order valence-electron chi connectivity index (χ4n) is 2.21. The summed E-state index contributed by atoms with van der Waals surface area (Å²) in [6.45, 7) is 1.21. The molecular weight excluding hydrogens is 303 g/mol. The topological polar surface area (TPSA) is 74.7 Å². The number of hydrogen-bond acceptors (Lipinski definition) is 4. The van der Waals surface area contributed by atoms with Crippen molar-refractivity contribution in [1.29, 1.82) is 0 Å². The second-order valence-corrected chi connectivity index (χ2v) is 4.87. The van der Waals surface area contributed by atoms with E-state index in [-0.39, 0.29) is 19.2 Å². The lowest BCUT2D eigenvalue weighted by Crippen LogP contribution is -2.52. The largest absolute Gasteiger partial charge is 0.477 e. The van der Waals surface area contributed by atoms with Crippen LogP contribution < -0.4 is 10.1 Å². The number of nitrogens with zero attached hydrogens (tertiary/aromatic N) is 2. The molecule has 0 saturated carbocycles. The number of nitrogens with one attached hydrogen (secondary N) is 1. The predicted molar refractivity (Wildman–Crippen MR) is 70.7 cm³/mol. The molecule has 1 aliphatic rings. The smallest absolute Gasteiger partial charge is 0.421 e. The number of ether oxygens (including phenoxy) is 1. The Bertz CT molecular complexity index is 525. The zero-order chi connectivity index (χ0) is 16.2. The van der Waals surface area contributed by atoms with Gasteiger partial charge in [-0.1, -0.05) is 0 Å². The first kappa shape index (κ1) is 16.3. The highest BCUT2D eigenvalue weighted by Crippen LogP contribution is 2.34. The highest BCUT2D eigenvalue weighted by molar-refractivity contribution is 5.65. The lowest BCUT2D eigenvalue weighted by molar-refractivity contribution is -0.139. The molecular formula is C13H16F3N3O3. The van der Waals surface area contributed by atoms with Crippen LogP contribution in [0, 0.1) is 0 Å². The zero-order valence-corrected chi connectivity index (χ0v) is 11.6. The van der Waals surface area contributed by atoms with Gasteiger partial charge in [0.25, 0.3) is 0 Å². The lowest BCUT2D eigenvalue weighted by Gasteiger charge is -2.31. The van der Waals surface area contributed by atoms with E-state index in [1.165, 1.54) is 17.2 Å². The molecule has 0 radical (unpaired) electrons. The van der Waals surface area contributed by atoms with Gasteiger partial charge in [0.1, 0.15) is 5.56 Å². The molecule has 0 bridgehead atoms. The maximum absolute atomic E-state index is 12.8. The van der Waals surface area contributed by atoms with Crippen LogP contribution in [-0.2, 0) is 6.18 Å². The second-order valence-electron chi connectivity index (χ2n) is 4.87. The lowest BCUT2D eigenvalue weighted by atomic mass is 10.1. The summed E-state index contributed by atoms with van der Waals surface area (Å²) in [4.78, 5) is 15.8. The molecule has 1 unspecified atom stereocenters. The number of amides is 1. The molecule has 0 aromatic carbocycles. The van der Waals surface area contributed by atoms with Gasteiger partial charge in [0.2, 0.25) is 5.88 Å². The number of aromatic nitrogens is 1. The standard InChI is InChI=1S/C13H16F3N3O3/c14-13(15,16)10-2-1-4-18-11(10)22-7-3-9-8-19(12(20)21)6-5-17-9/h1-2,4,9,17H,3,5-8H2,(H,20,21). The quantitative estimate of drug-likeness (QED) is 0.885. The first-order chi connectivity index (χ1) is 10.4. The van der Waals surface area contributed by atoms with Gasteiger partial charge in [-0.05, 0) is 18.6 Å². The van der Waals surface area contributed by atoms with E-state index in [1.807, 2.05) is 0 Å². The summed E-state index contributed by atoms with van der Waals surface area (Å²) in [5, 5.41) is 12.0. The van der Waals surface area contributed by atoms with Gasteiger partial charge in [0, 0.05) is 31.9 Å². The Morgan fingerprint density at radius 1 is 1.55 bits per heavy atom. The summed E-state index contributed by atoms with van der Waals surface area (Å²) >= 11 is 0. The SMILES string of the molecule is O=C(O)N1CCNC(CCOc2ncccc2C(F)(F)F)C1. The molecule has 1 amide bonds. The summed E-state index contributed by atoms with van der Waals surface area (Å²) < 4.78 is 43.4. The summed E-state index contributed by atoms with van der Waals surface area (Å²) in [5.74, 6) is -0.457. The van der Waals surface area contributed by atoms with Crippen LogP contribution in [0.3, 0.4) is 0 Å². The summed E-state index contributed by atoms with van der Waals surface area (Å²) in [7, 11) is 0. The molecule has 1 fully saturated rings. The van der Waals surface area contributed by atoms with Crippen molar-refractivity contribution in [2.24, 2.45) is 0 Å². The van der Waals surface area contributed by atoms with Crippen LogP contribution in [-0.4, -0.2) is 53.4 Å². The van der Waals surface area contributed by atoms with Crippen LogP contribution >= 0.6 is 0 Å². The fraction of sp³-hybridized carbons (Fsp3) is 0.538. The van der Waals surface area contributed by atoms with E-state index in [2.05, 4.69) is 10.3 Å². The van der Waals surface area contributed by atoms with Gasteiger partial charge in [0.15, 0.2) is 0 Å². The third-order valence-corrected chi connectivity index (χ3v) is 3.31. The summed E-state index contributed by atoms with van der Waals surface area (Å²) in [6.07, 6.45) is -3.91. The number of carboxylic acid groups (broad SMARTS) is 1. The number of carbonyl (C=O) groups is 1. The number of piperazine rings is 1. The van der Waals surface area contributed by atoms with Gasteiger partial charge in [-0.2, -0.15) is 13.2 Å². The molecule has 2 rings (SSSR count). The van der Waals surface area contributed by atoms with E-state index < -0.39 is 23.7 Å². The van der Waals surface area contributed by atoms with Crippen LogP contribution in [0.5, 0.6) is 5.88 Å². The minimum absolute atomic E-state index is 0.0191. The Balaban J connectivity index is 1.88. The van der Waals surface area contributed by atoms with E-state index >= 15 is 0 Å². The Kier molecular flexibility index (Phi) is 5.07.